The Labute approximate surface area is 163 Å². The molecule has 6 heteroatoms. The summed E-state index contributed by atoms with van der Waals surface area (Å²) in [5.41, 5.74) is 2.85. The maximum absolute atomic E-state index is 12.6. The van der Waals surface area contributed by atoms with Crippen molar-refractivity contribution in [3.8, 4) is 0 Å². The predicted octanol–water partition coefficient (Wildman–Crippen LogP) is 4.12. The number of carbonyl (C=O) groups is 2. The number of para-hydroxylation sites is 1. The van der Waals surface area contributed by atoms with E-state index in [1.165, 1.54) is 0 Å². The van der Waals surface area contributed by atoms with Crippen molar-refractivity contribution in [1.82, 2.24) is 4.98 Å². The van der Waals surface area contributed by atoms with Crippen LogP contribution < -0.4 is 10.6 Å². The highest BCUT2D eigenvalue weighted by Gasteiger charge is 2.15. The highest BCUT2D eigenvalue weighted by molar-refractivity contribution is 6.07. The van der Waals surface area contributed by atoms with Gasteiger partial charge in [-0.2, -0.15) is 0 Å². The fourth-order valence-electron chi connectivity index (χ4n) is 2.63. The summed E-state index contributed by atoms with van der Waals surface area (Å²) in [6, 6.07) is 20.2. The highest BCUT2D eigenvalue weighted by atomic mass is 16.5. The zero-order valence-corrected chi connectivity index (χ0v) is 15.5. The fraction of sp³-hybridized carbons (Fsp3) is 0.136. The monoisotopic (exact) mass is 375 g/mol. The average Bonchev–Trinajstić information content (AvgIpc) is 2.74. The van der Waals surface area contributed by atoms with Crippen molar-refractivity contribution in [2.75, 3.05) is 17.2 Å². The number of hydrogen-bond acceptors (Lipinski definition) is 5. The molecule has 1 amide bonds. The third-order valence-electron chi connectivity index (χ3n) is 4.00. The third kappa shape index (κ3) is 4.94. The van der Waals surface area contributed by atoms with Crippen LogP contribution >= 0.6 is 0 Å². The quantitative estimate of drug-likeness (QED) is 0.607. The molecule has 142 valence electrons. The number of nitrogens with one attached hydrogen (secondary N) is 2. The van der Waals surface area contributed by atoms with Crippen LogP contribution in [0.25, 0.3) is 0 Å². The van der Waals surface area contributed by atoms with Gasteiger partial charge in [-0.15, -0.1) is 0 Å². The number of amides is 1. The summed E-state index contributed by atoms with van der Waals surface area (Å²) >= 11 is 0. The molecule has 0 saturated heterocycles. The van der Waals surface area contributed by atoms with Crippen molar-refractivity contribution in [2.24, 2.45) is 0 Å². The van der Waals surface area contributed by atoms with Gasteiger partial charge in [0.25, 0.3) is 5.91 Å². The first-order chi connectivity index (χ1) is 13.7. The maximum Gasteiger partial charge on any atom is 0.340 e. The molecular weight excluding hydrogens is 354 g/mol. The Balaban J connectivity index is 1.71. The molecule has 1 aromatic heterocycles. The summed E-state index contributed by atoms with van der Waals surface area (Å²) < 4.78 is 5.03. The molecular formula is C22H21N3O3. The van der Waals surface area contributed by atoms with E-state index in [-0.39, 0.29) is 12.3 Å². The molecule has 2 N–H and O–H groups in total. The van der Waals surface area contributed by atoms with Gasteiger partial charge in [0.1, 0.15) is 5.69 Å². The number of pyridine rings is 1. The molecule has 0 radical (unpaired) electrons. The van der Waals surface area contributed by atoms with E-state index >= 15 is 0 Å². The van der Waals surface area contributed by atoms with Crippen LogP contribution in [-0.2, 0) is 11.3 Å². The summed E-state index contributed by atoms with van der Waals surface area (Å²) in [6.45, 7) is 2.63. The number of hydrogen-bond donors (Lipinski definition) is 2. The molecule has 0 atom stereocenters. The van der Waals surface area contributed by atoms with E-state index in [1.54, 1.807) is 49.5 Å². The minimum atomic E-state index is -0.482. The summed E-state index contributed by atoms with van der Waals surface area (Å²) in [5.74, 6) is -0.884. The van der Waals surface area contributed by atoms with Crippen LogP contribution in [0.3, 0.4) is 0 Å². The molecule has 0 bridgehead atoms. The van der Waals surface area contributed by atoms with E-state index < -0.39 is 11.9 Å². The average molecular weight is 375 g/mol. The van der Waals surface area contributed by atoms with Crippen LogP contribution in [0.4, 0.5) is 11.4 Å². The van der Waals surface area contributed by atoms with Gasteiger partial charge < -0.3 is 15.4 Å². The number of carbonyl (C=O) groups excluding carboxylic acids is 2. The molecule has 1 heterocycles. The maximum atomic E-state index is 12.6. The van der Waals surface area contributed by atoms with Crippen LogP contribution in [0, 0.1) is 0 Å². The van der Waals surface area contributed by atoms with Crippen LogP contribution in [0.15, 0.2) is 72.9 Å². The standard InChI is InChI=1S/C22H21N3O3/c1-2-28-22(27)18-10-6-7-11-19(18)25-21(26)20-14-17(12-13-23-20)24-15-16-8-4-3-5-9-16/h3-14H,2,15H2,1H3,(H,23,24)(H,25,26). The Kier molecular flexibility index (Phi) is 6.36. The lowest BCUT2D eigenvalue weighted by Gasteiger charge is -2.11. The number of ether oxygens (including phenoxy) is 1. The van der Waals surface area contributed by atoms with E-state index in [0.29, 0.717) is 17.8 Å². The molecule has 0 aliphatic rings. The van der Waals surface area contributed by atoms with E-state index in [1.807, 2.05) is 30.3 Å². The van der Waals surface area contributed by atoms with Crippen LogP contribution in [0.5, 0.6) is 0 Å². The smallest absolute Gasteiger partial charge is 0.340 e. The van der Waals surface area contributed by atoms with Gasteiger partial charge in [-0.1, -0.05) is 42.5 Å². The molecule has 3 rings (SSSR count). The summed E-state index contributed by atoms with van der Waals surface area (Å²) in [7, 11) is 0. The van der Waals surface area contributed by atoms with Crippen LogP contribution in [-0.4, -0.2) is 23.5 Å². The first-order valence-electron chi connectivity index (χ1n) is 8.98. The van der Waals surface area contributed by atoms with Crippen molar-refractivity contribution >= 4 is 23.3 Å². The predicted molar refractivity (Wildman–Crippen MR) is 108 cm³/mol. The van der Waals surface area contributed by atoms with Crippen molar-refractivity contribution < 1.29 is 14.3 Å². The van der Waals surface area contributed by atoms with Gasteiger partial charge in [0.2, 0.25) is 0 Å². The molecule has 0 fully saturated rings. The van der Waals surface area contributed by atoms with Crippen molar-refractivity contribution in [1.29, 1.82) is 0 Å². The number of nitrogens with zero attached hydrogens (tertiary/aromatic N) is 1. The van der Waals surface area contributed by atoms with Gasteiger partial charge in [0.05, 0.1) is 17.9 Å². The molecule has 0 aliphatic carbocycles. The number of anilines is 2. The molecule has 0 saturated carbocycles. The lowest BCUT2D eigenvalue weighted by molar-refractivity contribution is 0.0527. The first kappa shape index (κ1) is 19.1. The van der Waals surface area contributed by atoms with Gasteiger partial charge in [0.15, 0.2) is 0 Å². The Bertz CT molecular complexity index is 958. The molecule has 6 nitrogen and oxygen atoms in total. The summed E-state index contributed by atoms with van der Waals surface area (Å²) in [4.78, 5) is 28.8. The van der Waals surface area contributed by atoms with E-state index in [2.05, 4.69) is 15.6 Å². The van der Waals surface area contributed by atoms with E-state index in [9.17, 15) is 9.59 Å². The van der Waals surface area contributed by atoms with Crippen molar-refractivity contribution in [2.45, 2.75) is 13.5 Å². The minimum absolute atomic E-state index is 0.247. The first-order valence-corrected chi connectivity index (χ1v) is 8.98. The van der Waals surface area contributed by atoms with Crippen LogP contribution in [0.1, 0.15) is 33.3 Å². The SMILES string of the molecule is CCOC(=O)c1ccccc1NC(=O)c1cc(NCc2ccccc2)ccn1. The second-order valence-corrected chi connectivity index (χ2v) is 5.99. The largest absolute Gasteiger partial charge is 0.462 e. The Morgan fingerprint density at radius 1 is 1.00 bits per heavy atom. The van der Waals surface area contributed by atoms with E-state index in [4.69, 9.17) is 4.74 Å². The second kappa shape index (κ2) is 9.32. The molecule has 0 aliphatic heterocycles. The third-order valence-corrected chi connectivity index (χ3v) is 4.00. The molecule has 3 aromatic rings. The van der Waals surface area contributed by atoms with E-state index in [0.717, 1.165) is 11.3 Å². The number of rotatable bonds is 7. The zero-order valence-electron chi connectivity index (χ0n) is 15.5. The number of esters is 1. The molecule has 28 heavy (non-hydrogen) atoms. The Hall–Kier alpha value is -3.67. The molecule has 0 unspecified atom stereocenters. The normalized spacial score (nSPS) is 10.2. The minimum Gasteiger partial charge on any atom is -0.462 e. The number of benzene rings is 2. The van der Waals surface area contributed by atoms with Gasteiger partial charge >= 0.3 is 5.97 Å². The van der Waals surface area contributed by atoms with Crippen molar-refractivity contribution in [3.63, 3.8) is 0 Å². The molecule has 2 aromatic carbocycles. The lowest BCUT2D eigenvalue weighted by atomic mass is 10.1. The van der Waals surface area contributed by atoms with Gasteiger partial charge in [-0.3, -0.25) is 9.78 Å². The Morgan fingerprint density at radius 2 is 1.75 bits per heavy atom. The van der Waals surface area contributed by atoms with Gasteiger partial charge in [-0.05, 0) is 36.8 Å². The van der Waals surface area contributed by atoms with Gasteiger partial charge in [-0.25, -0.2) is 4.79 Å². The number of aromatic nitrogens is 1. The Morgan fingerprint density at radius 3 is 2.54 bits per heavy atom. The molecule has 0 spiro atoms. The topological polar surface area (TPSA) is 80.3 Å². The lowest BCUT2D eigenvalue weighted by Crippen LogP contribution is -2.17. The summed E-state index contributed by atoms with van der Waals surface area (Å²) in [6.07, 6.45) is 1.57. The summed E-state index contributed by atoms with van der Waals surface area (Å²) in [5, 5.41) is 6.01. The fourth-order valence-corrected chi connectivity index (χ4v) is 2.63. The zero-order chi connectivity index (χ0) is 19.8. The second-order valence-electron chi connectivity index (χ2n) is 5.99. The van der Waals surface area contributed by atoms with Crippen LogP contribution in [0.2, 0.25) is 0 Å². The highest BCUT2D eigenvalue weighted by Crippen LogP contribution is 2.18. The van der Waals surface area contributed by atoms with Gasteiger partial charge in [0, 0.05) is 18.4 Å². The van der Waals surface area contributed by atoms with Crippen molar-refractivity contribution in [3.05, 3.63) is 89.7 Å².